The molecule has 0 aliphatic rings. The number of benzene rings is 1. The van der Waals surface area contributed by atoms with Crippen molar-refractivity contribution in [3.8, 4) is 0 Å². The monoisotopic (exact) mass is 255 g/mol. The van der Waals surface area contributed by atoms with Gasteiger partial charge in [-0.15, -0.1) is 0 Å². The van der Waals surface area contributed by atoms with E-state index in [1.54, 1.807) is 12.4 Å². The number of fused-ring (bicyclic) bond motifs is 1. The second-order valence-corrected chi connectivity index (χ2v) is 4.69. The van der Waals surface area contributed by atoms with Gasteiger partial charge in [-0.1, -0.05) is 38.1 Å². The van der Waals surface area contributed by atoms with E-state index in [0.717, 1.165) is 30.4 Å². The minimum atomic E-state index is 0.262. The van der Waals surface area contributed by atoms with E-state index in [0.29, 0.717) is 0 Å². The average molecular weight is 255 g/mol. The molecule has 19 heavy (non-hydrogen) atoms. The number of rotatable bonds is 6. The topological polar surface area (TPSA) is 37.8 Å². The number of hydrogen-bond acceptors (Lipinski definition) is 3. The number of aromatic nitrogens is 2. The third-order valence-corrected chi connectivity index (χ3v) is 3.35. The van der Waals surface area contributed by atoms with Crippen molar-refractivity contribution >= 4 is 11.0 Å². The number of nitrogens with one attached hydrogen (secondary N) is 1. The van der Waals surface area contributed by atoms with Gasteiger partial charge in [0.25, 0.3) is 0 Å². The summed E-state index contributed by atoms with van der Waals surface area (Å²) < 4.78 is 0. The molecule has 3 heteroatoms. The molecule has 1 aromatic heterocycles. The standard InChI is InChI=1S/C16H21N3/c1-4-12(3)11-15(17-5-2)13-7-6-8-14-16(13)19-10-9-18-14/h6-10,15,17H,3-5,11H2,1-2H3. The van der Waals surface area contributed by atoms with Gasteiger partial charge >= 0.3 is 0 Å². The highest BCUT2D eigenvalue weighted by atomic mass is 14.9. The lowest BCUT2D eigenvalue weighted by atomic mass is 9.97. The van der Waals surface area contributed by atoms with Gasteiger partial charge in [-0.05, 0) is 31.0 Å². The van der Waals surface area contributed by atoms with Crippen LogP contribution in [0, 0.1) is 0 Å². The van der Waals surface area contributed by atoms with Crippen molar-refractivity contribution in [3.05, 3.63) is 48.3 Å². The molecular formula is C16H21N3. The Morgan fingerprint density at radius 1 is 1.26 bits per heavy atom. The van der Waals surface area contributed by atoms with Crippen molar-refractivity contribution in [2.75, 3.05) is 6.54 Å². The molecule has 1 N–H and O–H groups in total. The van der Waals surface area contributed by atoms with Crippen LogP contribution in [-0.2, 0) is 0 Å². The van der Waals surface area contributed by atoms with E-state index in [1.807, 2.05) is 12.1 Å². The Morgan fingerprint density at radius 2 is 2.05 bits per heavy atom. The van der Waals surface area contributed by atoms with Crippen molar-refractivity contribution < 1.29 is 0 Å². The van der Waals surface area contributed by atoms with Crippen LogP contribution in [-0.4, -0.2) is 16.5 Å². The van der Waals surface area contributed by atoms with Crippen molar-refractivity contribution in [3.63, 3.8) is 0 Å². The zero-order valence-corrected chi connectivity index (χ0v) is 11.7. The Balaban J connectivity index is 2.40. The summed E-state index contributed by atoms with van der Waals surface area (Å²) in [6, 6.07) is 6.44. The van der Waals surface area contributed by atoms with Gasteiger partial charge in [0.15, 0.2) is 0 Å². The van der Waals surface area contributed by atoms with E-state index < -0.39 is 0 Å². The van der Waals surface area contributed by atoms with Crippen molar-refractivity contribution in [1.82, 2.24) is 15.3 Å². The summed E-state index contributed by atoms with van der Waals surface area (Å²) in [7, 11) is 0. The minimum absolute atomic E-state index is 0.262. The molecule has 1 atom stereocenters. The predicted molar refractivity (Wildman–Crippen MR) is 80.0 cm³/mol. The molecule has 0 saturated heterocycles. The minimum Gasteiger partial charge on any atom is -0.310 e. The van der Waals surface area contributed by atoms with E-state index in [9.17, 15) is 0 Å². The predicted octanol–water partition coefficient (Wildman–Crippen LogP) is 3.64. The first-order valence-corrected chi connectivity index (χ1v) is 6.85. The first-order valence-electron chi connectivity index (χ1n) is 6.85. The van der Waals surface area contributed by atoms with Crippen LogP contribution in [0.2, 0.25) is 0 Å². The largest absolute Gasteiger partial charge is 0.310 e. The van der Waals surface area contributed by atoms with Crippen LogP contribution in [0.4, 0.5) is 0 Å². The van der Waals surface area contributed by atoms with Crippen LogP contribution >= 0.6 is 0 Å². The zero-order valence-electron chi connectivity index (χ0n) is 11.7. The van der Waals surface area contributed by atoms with Crippen LogP contribution in [0.5, 0.6) is 0 Å². The lowest BCUT2D eigenvalue weighted by Crippen LogP contribution is -2.21. The third-order valence-electron chi connectivity index (χ3n) is 3.35. The Labute approximate surface area is 114 Å². The molecule has 100 valence electrons. The van der Waals surface area contributed by atoms with E-state index >= 15 is 0 Å². The Kier molecular flexibility index (Phi) is 4.63. The highest BCUT2D eigenvalue weighted by molar-refractivity contribution is 5.78. The van der Waals surface area contributed by atoms with Gasteiger partial charge < -0.3 is 5.32 Å². The molecule has 0 bridgehead atoms. The summed E-state index contributed by atoms with van der Waals surface area (Å²) in [5.74, 6) is 0. The number of nitrogens with zero attached hydrogens (tertiary/aromatic N) is 2. The molecule has 3 nitrogen and oxygen atoms in total. The van der Waals surface area contributed by atoms with Gasteiger partial charge in [-0.3, -0.25) is 9.97 Å². The molecule has 2 aromatic rings. The van der Waals surface area contributed by atoms with E-state index in [-0.39, 0.29) is 6.04 Å². The molecular weight excluding hydrogens is 234 g/mol. The summed E-state index contributed by atoms with van der Waals surface area (Å²) in [4.78, 5) is 8.86. The Hall–Kier alpha value is -1.74. The molecule has 0 radical (unpaired) electrons. The van der Waals surface area contributed by atoms with Crippen molar-refractivity contribution in [2.24, 2.45) is 0 Å². The second-order valence-electron chi connectivity index (χ2n) is 4.69. The van der Waals surface area contributed by atoms with Crippen LogP contribution in [0.25, 0.3) is 11.0 Å². The lowest BCUT2D eigenvalue weighted by Gasteiger charge is -2.20. The molecule has 0 aliphatic heterocycles. The second kappa shape index (κ2) is 6.43. The molecule has 1 aromatic carbocycles. The molecule has 0 spiro atoms. The van der Waals surface area contributed by atoms with Gasteiger partial charge in [0.2, 0.25) is 0 Å². The molecule has 0 aliphatic carbocycles. The molecule has 1 unspecified atom stereocenters. The fourth-order valence-corrected chi connectivity index (χ4v) is 2.27. The summed E-state index contributed by atoms with van der Waals surface area (Å²) in [6.07, 6.45) is 5.45. The Bertz CT molecular complexity index is 557. The highest BCUT2D eigenvalue weighted by Crippen LogP contribution is 2.26. The maximum Gasteiger partial charge on any atom is 0.0934 e. The summed E-state index contributed by atoms with van der Waals surface area (Å²) in [5.41, 5.74) is 4.40. The van der Waals surface area contributed by atoms with Crippen LogP contribution < -0.4 is 5.32 Å². The van der Waals surface area contributed by atoms with E-state index in [1.165, 1.54) is 11.1 Å². The fraction of sp³-hybridized carbons (Fsp3) is 0.375. The van der Waals surface area contributed by atoms with Crippen molar-refractivity contribution in [2.45, 2.75) is 32.7 Å². The quantitative estimate of drug-likeness (QED) is 0.801. The summed E-state index contributed by atoms with van der Waals surface area (Å²) >= 11 is 0. The lowest BCUT2D eigenvalue weighted by molar-refractivity contribution is 0.545. The van der Waals surface area contributed by atoms with E-state index in [2.05, 4.69) is 41.8 Å². The normalized spacial score (nSPS) is 12.5. The van der Waals surface area contributed by atoms with Gasteiger partial charge in [-0.2, -0.15) is 0 Å². The van der Waals surface area contributed by atoms with Gasteiger partial charge in [0.05, 0.1) is 11.0 Å². The number of hydrogen-bond donors (Lipinski definition) is 1. The smallest absolute Gasteiger partial charge is 0.0934 e. The zero-order chi connectivity index (χ0) is 13.7. The van der Waals surface area contributed by atoms with Crippen molar-refractivity contribution in [1.29, 1.82) is 0 Å². The van der Waals surface area contributed by atoms with Crippen LogP contribution in [0.15, 0.2) is 42.7 Å². The first kappa shape index (κ1) is 13.7. The molecule has 1 heterocycles. The maximum atomic E-state index is 4.49. The highest BCUT2D eigenvalue weighted by Gasteiger charge is 2.15. The molecule has 2 rings (SSSR count). The van der Waals surface area contributed by atoms with Gasteiger partial charge in [-0.25, -0.2) is 0 Å². The first-order chi connectivity index (χ1) is 9.26. The van der Waals surface area contributed by atoms with E-state index in [4.69, 9.17) is 0 Å². The molecule has 0 amide bonds. The average Bonchev–Trinajstić information content (AvgIpc) is 2.46. The summed E-state index contributed by atoms with van der Waals surface area (Å²) in [6.45, 7) is 9.32. The van der Waals surface area contributed by atoms with Crippen LogP contribution in [0.3, 0.4) is 0 Å². The third kappa shape index (κ3) is 3.18. The SMILES string of the molecule is C=C(CC)CC(NCC)c1cccc2nccnc12. The number of para-hydroxylation sites is 1. The van der Waals surface area contributed by atoms with Gasteiger partial charge in [0, 0.05) is 18.4 Å². The summed E-state index contributed by atoms with van der Waals surface area (Å²) in [5, 5.41) is 3.53. The Morgan fingerprint density at radius 3 is 2.79 bits per heavy atom. The molecule has 0 saturated carbocycles. The maximum absolute atomic E-state index is 4.49. The fourth-order valence-electron chi connectivity index (χ4n) is 2.27. The van der Waals surface area contributed by atoms with Crippen LogP contribution in [0.1, 0.15) is 38.3 Å². The molecule has 0 fully saturated rings. The van der Waals surface area contributed by atoms with Gasteiger partial charge in [0.1, 0.15) is 0 Å².